The average molecular weight is 212 g/mol. The van der Waals surface area contributed by atoms with Crippen LogP contribution in [-0.4, -0.2) is 0 Å². The number of allylic oxidation sites excluding steroid dienone is 8. The maximum atomic E-state index is 2.25. The Bertz CT molecular complexity index is 405. The summed E-state index contributed by atoms with van der Waals surface area (Å²) in [7, 11) is 0. The van der Waals surface area contributed by atoms with Crippen LogP contribution in [0.25, 0.3) is 0 Å². The van der Waals surface area contributed by atoms with Gasteiger partial charge in [0, 0.05) is 21.6 Å². The SMILES string of the molecule is C1=CC(c2ccc(C3C=CC=C3)s2)C=C1. The van der Waals surface area contributed by atoms with Crippen molar-refractivity contribution in [1.29, 1.82) is 0 Å². The second-order valence-electron chi connectivity index (χ2n) is 3.83. The summed E-state index contributed by atoms with van der Waals surface area (Å²) in [5, 5.41) is 0. The Morgan fingerprint density at radius 2 is 1.07 bits per heavy atom. The minimum atomic E-state index is 0.512. The largest absolute Gasteiger partial charge is 0.143 e. The zero-order valence-electron chi connectivity index (χ0n) is 8.34. The van der Waals surface area contributed by atoms with E-state index in [0.29, 0.717) is 11.8 Å². The fourth-order valence-corrected chi connectivity index (χ4v) is 3.10. The topological polar surface area (TPSA) is 0 Å². The van der Waals surface area contributed by atoms with Gasteiger partial charge in [-0.2, -0.15) is 0 Å². The van der Waals surface area contributed by atoms with Gasteiger partial charge in [0.15, 0.2) is 0 Å². The Morgan fingerprint density at radius 1 is 0.667 bits per heavy atom. The highest BCUT2D eigenvalue weighted by atomic mass is 32.1. The van der Waals surface area contributed by atoms with Crippen molar-refractivity contribution in [2.24, 2.45) is 0 Å². The smallest absolute Gasteiger partial charge is 0.0299 e. The molecule has 0 radical (unpaired) electrons. The van der Waals surface area contributed by atoms with Crippen LogP contribution in [0.15, 0.2) is 60.7 Å². The van der Waals surface area contributed by atoms with Crippen LogP contribution in [0.3, 0.4) is 0 Å². The van der Waals surface area contributed by atoms with Gasteiger partial charge in [-0.3, -0.25) is 0 Å². The molecule has 0 nitrogen and oxygen atoms in total. The summed E-state index contributed by atoms with van der Waals surface area (Å²) >= 11 is 1.92. The monoisotopic (exact) mass is 212 g/mol. The molecule has 1 heterocycles. The molecule has 2 aliphatic carbocycles. The van der Waals surface area contributed by atoms with Gasteiger partial charge in [0.05, 0.1) is 0 Å². The maximum absolute atomic E-state index is 2.25. The average Bonchev–Trinajstić information content (AvgIpc) is 3.02. The molecule has 0 spiro atoms. The van der Waals surface area contributed by atoms with E-state index in [4.69, 9.17) is 0 Å². The van der Waals surface area contributed by atoms with E-state index in [1.54, 1.807) is 0 Å². The van der Waals surface area contributed by atoms with Crippen molar-refractivity contribution >= 4 is 11.3 Å². The van der Waals surface area contributed by atoms with Crippen molar-refractivity contribution in [3.05, 3.63) is 70.5 Å². The lowest BCUT2D eigenvalue weighted by Crippen LogP contribution is -1.83. The molecule has 0 unspecified atom stereocenters. The molecule has 2 aliphatic rings. The van der Waals surface area contributed by atoms with Crippen LogP contribution in [0.5, 0.6) is 0 Å². The first kappa shape index (κ1) is 8.93. The summed E-state index contributed by atoms with van der Waals surface area (Å²) in [6, 6.07) is 4.51. The Labute approximate surface area is 94.0 Å². The first-order valence-corrected chi connectivity index (χ1v) is 6.05. The van der Waals surface area contributed by atoms with E-state index in [2.05, 4.69) is 60.7 Å². The predicted octanol–water partition coefficient (Wildman–Crippen LogP) is 4.17. The molecule has 0 fully saturated rings. The van der Waals surface area contributed by atoms with Gasteiger partial charge in [-0.05, 0) is 12.1 Å². The molecule has 1 heteroatoms. The fourth-order valence-electron chi connectivity index (χ4n) is 1.97. The second-order valence-corrected chi connectivity index (χ2v) is 4.98. The van der Waals surface area contributed by atoms with Crippen molar-refractivity contribution in [1.82, 2.24) is 0 Å². The van der Waals surface area contributed by atoms with Gasteiger partial charge in [-0.25, -0.2) is 0 Å². The minimum Gasteiger partial charge on any atom is -0.143 e. The second kappa shape index (κ2) is 3.67. The molecule has 0 aliphatic heterocycles. The van der Waals surface area contributed by atoms with Crippen molar-refractivity contribution < 1.29 is 0 Å². The molecular formula is C14H12S. The van der Waals surface area contributed by atoms with Gasteiger partial charge in [0.25, 0.3) is 0 Å². The third-order valence-electron chi connectivity index (χ3n) is 2.80. The lowest BCUT2D eigenvalue weighted by Gasteiger charge is -2.02. The van der Waals surface area contributed by atoms with Crippen LogP contribution in [-0.2, 0) is 0 Å². The van der Waals surface area contributed by atoms with Crippen molar-refractivity contribution in [3.8, 4) is 0 Å². The van der Waals surface area contributed by atoms with Crippen molar-refractivity contribution in [2.75, 3.05) is 0 Å². The molecule has 15 heavy (non-hydrogen) atoms. The summed E-state index contributed by atoms with van der Waals surface area (Å²) < 4.78 is 0. The van der Waals surface area contributed by atoms with Crippen molar-refractivity contribution in [2.45, 2.75) is 11.8 Å². The van der Waals surface area contributed by atoms with Gasteiger partial charge in [0.2, 0.25) is 0 Å². The van der Waals surface area contributed by atoms with E-state index in [-0.39, 0.29) is 0 Å². The Hall–Kier alpha value is -1.34. The van der Waals surface area contributed by atoms with Crippen LogP contribution < -0.4 is 0 Å². The summed E-state index contributed by atoms with van der Waals surface area (Å²) in [6.45, 7) is 0. The van der Waals surface area contributed by atoms with Crippen LogP contribution in [0.1, 0.15) is 21.6 Å². The molecule has 1 aromatic heterocycles. The number of thiophene rings is 1. The third kappa shape index (κ3) is 1.64. The van der Waals surface area contributed by atoms with Gasteiger partial charge >= 0.3 is 0 Å². The minimum absolute atomic E-state index is 0.512. The zero-order chi connectivity index (χ0) is 10.1. The number of hydrogen-bond acceptors (Lipinski definition) is 1. The standard InChI is InChI=1S/C14H12S/c1-2-6-11(5-1)13-9-10-14(15-13)12-7-3-4-8-12/h1-12H. The molecule has 0 saturated heterocycles. The molecule has 0 saturated carbocycles. The molecule has 0 bridgehead atoms. The summed E-state index contributed by atoms with van der Waals surface area (Å²) in [5.74, 6) is 1.02. The molecule has 0 N–H and O–H groups in total. The number of hydrogen-bond donors (Lipinski definition) is 0. The highest BCUT2D eigenvalue weighted by Gasteiger charge is 2.14. The van der Waals surface area contributed by atoms with E-state index in [9.17, 15) is 0 Å². The highest BCUT2D eigenvalue weighted by Crippen LogP contribution is 2.34. The van der Waals surface area contributed by atoms with Crippen LogP contribution in [0.2, 0.25) is 0 Å². The molecule has 1 aromatic rings. The normalized spacial score (nSPS) is 19.7. The molecule has 0 aromatic carbocycles. The van der Waals surface area contributed by atoms with E-state index < -0.39 is 0 Å². The number of rotatable bonds is 2. The van der Waals surface area contributed by atoms with Crippen molar-refractivity contribution in [3.63, 3.8) is 0 Å². The fraction of sp³-hybridized carbons (Fsp3) is 0.143. The molecule has 74 valence electrons. The van der Waals surface area contributed by atoms with E-state index in [0.717, 1.165) is 0 Å². The lowest BCUT2D eigenvalue weighted by molar-refractivity contribution is 1.15. The first-order valence-electron chi connectivity index (χ1n) is 5.23. The van der Waals surface area contributed by atoms with E-state index in [1.165, 1.54) is 9.75 Å². The molecule has 0 atom stereocenters. The van der Waals surface area contributed by atoms with Gasteiger partial charge in [-0.15, -0.1) is 11.3 Å². The Kier molecular flexibility index (Phi) is 2.18. The first-order chi connectivity index (χ1) is 7.43. The molecule has 3 rings (SSSR count). The van der Waals surface area contributed by atoms with E-state index in [1.807, 2.05) is 11.3 Å². The van der Waals surface area contributed by atoms with Gasteiger partial charge in [0.1, 0.15) is 0 Å². The summed E-state index contributed by atoms with van der Waals surface area (Å²) in [4.78, 5) is 2.90. The van der Waals surface area contributed by atoms with Gasteiger partial charge < -0.3 is 0 Å². The van der Waals surface area contributed by atoms with Crippen LogP contribution >= 0.6 is 11.3 Å². The lowest BCUT2D eigenvalue weighted by atomic mass is 10.1. The predicted molar refractivity (Wildman–Crippen MR) is 66.4 cm³/mol. The maximum Gasteiger partial charge on any atom is 0.0299 e. The Morgan fingerprint density at radius 3 is 1.47 bits per heavy atom. The zero-order valence-corrected chi connectivity index (χ0v) is 9.15. The van der Waals surface area contributed by atoms with E-state index >= 15 is 0 Å². The quantitative estimate of drug-likeness (QED) is 0.690. The Balaban J connectivity index is 1.87. The summed E-state index contributed by atoms with van der Waals surface area (Å²) in [5.41, 5.74) is 0. The van der Waals surface area contributed by atoms with Gasteiger partial charge in [-0.1, -0.05) is 48.6 Å². The third-order valence-corrected chi connectivity index (χ3v) is 4.09. The summed E-state index contributed by atoms with van der Waals surface area (Å²) in [6.07, 6.45) is 17.5. The molecule has 0 amide bonds. The molecular weight excluding hydrogens is 200 g/mol. The van der Waals surface area contributed by atoms with Crippen LogP contribution in [0.4, 0.5) is 0 Å². The highest BCUT2D eigenvalue weighted by molar-refractivity contribution is 7.12. The van der Waals surface area contributed by atoms with Crippen LogP contribution in [0, 0.1) is 0 Å².